The fraction of sp³-hybridized carbons (Fsp3) is 0.0182. The summed E-state index contributed by atoms with van der Waals surface area (Å²) in [5, 5.41) is 8.42. The number of fused-ring (bicyclic) bond motifs is 20. The van der Waals surface area contributed by atoms with E-state index in [1.165, 1.54) is 60.8 Å². The topological polar surface area (TPSA) is 113 Å². The number of furan rings is 2. The van der Waals surface area contributed by atoms with E-state index in [9.17, 15) is 0 Å². The van der Waals surface area contributed by atoms with Gasteiger partial charge >= 0.3 is 0 Å². The molecule has 120 heavy (non-hydrogen) atoms. The largest absolute Gasteiger partial charge is 0.456 e. The van der Waals surface area contributed by atoms with Crippen molar-refractivity contribution in [3.8, 4) is 124 Å². The lowest BCUT2D eigenvalue weighted by Crippen LogP contribution is -2.25. The summed E-state index contributed by atoms with van der Waals surface area (Å²) in [6.07, 6.45) is 3.88. The van der Waals surface area contributed by atoms with Gasteiger partial charge in [0.05, 0.1) is 27.5 Å². The van der Waals surface area contributed by atoms with Gasteiger partial charge in [0.15, 0.2) is 34.9 Å². The Morgan fingerprint density at radius 2 is 0.708 bits per heavy atom. The van der Waals surface area contributed by atoms with Gasteiger partial charge in [-0.1, -0.05) is 286 Å². The molecule has 0 bridgehead atoms. The molecule has 0 saturated carbocycles. The summed E-state index contributed by atoms with van der Waals surface area (Å²) < 4.78 is 18.3. The molecular weight excluding hydrogens is 1470 g/mol. The van der Waals surface area contributed by atoms with Gasteiger partial charge in [0.25, 0.3) is 0 Å². The minimum Gasteiger partial charge on any atom is -0.456 e. The van der Waals surface area contributed by atoms with Crippen molar-refractivity contribution in [1.82, 2.24) is 39.0 Å². The van der Waals surface area contributed by atoms with Gasteiger partial charge in [-0.3, -0.25) is 0 Å². The molecule has 0 fully saturated rings. The molecular formula is C110H68N8O2. The zero-order valence-corrected chi connectivity index (χ0v) is 65.0. The zero-order valence-electron chi connectivity index (χ0n) is 65.0. The van der Waals surface area contributed by atoms with Gasteiger partial charge in [0.1, 0.15) is 22.2 Å². The van der Waals surface area contributed by atoms with E-state index < -0.39 is 5.41 Å². The number of hydrogen-bond donors (Lipinski definition) is 0. The van der Waals surface area contributed by atoms with Crippen LogP contribution in [0.2, 0.25) is 0 Å². The van der Waals surface area contributed by atoms with Crippen LogP contribution in [0.1, 0.15) is 35.0 Å². The maximum Gasteiger partial charge on any atom is 0.164 e. The molecule has 10 heteroatoms. The Kier molecular flexibility index (Phi) is 15.4. The predicted molar refractivity (Wildman–Crippen MR) is 487 cm³/mol. The van der Waals surface area contributed by atoms with Gasteiger partial charge in [0, 0.05) is 87.7 Å². The number of rotatable bonds is 12. The minimum atomic E-state index is -0.611. The van der Waals surface area contributed by atoms with E-state index in [1.54, 1.807) is 0 Å². The number of nitrogens with zero attached hydrogens (tertiary/aromatic N) is 8. The lowest BCUT2D eigenvalue weighted by molar-refractivity contribution is 0.574. The second-order valence-electron chi connectivity index (χ2n) is 31.1. The number of allylic oxidation sites excluding steroid dienone is 1. The van der Waals surface area contributed by atoms with Gasteiger partial charge in [0.2, 0.25) is 0 Å². The van der Waals surface area contributed by atoms with Crippen molar-refractivity contribution in [3.63, 3.8) is 0 Å². The lowest BCUT2D eigenvalue weighted by Gasteiger charge is -2.30. The third kappa shape index (κ3) is 10.5. The van der Waals surface area contributed by atoms with E-state index in [-0.39, 0.29) is 0 Å². The molecule has 0 saturated heterocycles. The first-order valence-corrected chi connectivity index (χ1v) is 40.6. The number of aromatic nitrogens is 8. The van der Waals surface area contributed by atoms with E-state index in [1.807, 2.05) is 122 Å². The molecule has 10 nitrogen and oxygen atoms in total. The highest BCUT2D eigenvalue weighted by molar-refractivity contribution is 6.20. The van der Waals surface area contributed by atoms with Gasteiger partial charge in [-0.2, -0.15) is 0 Å². The van der Waals surface area contributed by atoms with Gasteiger partial charge in [-0.05, 0) is 188 Å². The molecule has 2 aliphatic carbocycles. The van der Waals surface area contributed by atoms with Crippen LogP contribution in [-0.4, -0.2) is 39.0 Å². The Morgan fingerprint density at radius 1 is 0.283 bits per heavy atom. The van der Waals surface area contributed by atoms with Crippen LogP contribution in [0, 0.1) is 0 Å². The first-order chi connectivity index (χ1) is 59.4. The molecule has 24 rings (SSSR count). The molecule has 1 atom stereocenters. The van der Waals surface area contributed by atoms with Crippen LogP contribution in [0.25, 0.3) is 212 Å². The smallest absolute Gasteiger partial charge is 0.164 e. The normalized spacial score (nSPS) is 13.8. The van der Waals surface area contributed by atoms with E-state index in [2.05, 4.69) is 283 Å². The van der Waals surface area contributed by atoms with Crippen LogP contribution >= 0.6 is 0 Å². The second kappa shape index (κ2) is 27.0. The van der Waals surface area contributed by atoms with Crippen LogP contribution in [0.4, 0.5) is 0 Å². The highest BCUT2D eigenvalue weighted by Gasteiger charge is 2.52. The molecule has 1 spiro atoms. The predicted octanol–water partition coefficient (Wildman–Crippen LogP) is 25.8. The summed E-state index contributed by atoms with van der Waals surface area (Å²) in [6.45, 7) is 6.50. The molecule has 560 valence electrons. The van der Waals surface area contributed by atoms with Crippen molar-refractivity contribution in [2.45, 2.75) is 12.3 Å². The first kappa shape index (κ1) is 68.4. The molecule has 2 aliphatic rings. The summed E-state index contributed by atoms with van der Waals surface area (Å²) in [6, 6.07) is 132. The number of para-hydroxylation sites is 3. The Bertz CT molecular complexity index is 8110. The Morgan fingerprint density at radius 3 is 1.32 bits per heavy atom. The monoisotopic (exact) mass is 1530 g/mol. The second-order valence-corrected chi connectivity index (χ2v) is 31.1. The molecule has 6 heterocycles. The van der Waals surface area contributed by atoms with Gasteiger partial charge in [-0.15, -0.1) is 0 Å². The van der Waals surface area contributed by atoms with Crippen molar-refractivity contribution in [2.24, 2.45) is 0 Å². The molecule has 0 amide bonds. The zero-order chi connectivity index (χ0) is 79.3. The van der Waals surface area contributed by atoms with Crippen molar-refractivity contribution >= 4 is 88.2 Å². The van der Waals surface area contributed by atoms with Crippen molar-refractivity contribution < 1.29 is 8.83 Å². The summed E-state index contributed by atoms with van der Waals surface area (Å²) >= 11 is 0. The van der Waals surface area contributed by atoms with Gasteiger partial charge < -0.3 is 18.0 Å². The molecule has 0 N–H and O–H groups in total. The quantitative estimate of drug-likeness (QED) is 0.119. The number of benzene rings is 16. The summed E-state index contributed by atoms with van der Waals surface area (Å²) in [4.78, 5) is 31.4. The summed E-state index contributed by atoms with van der Waals surface area (Å²) in [7, 11) is 0. The van der Waals surface area contributed by atoms with Crippen LogP contribution in [0.3, 0.4) is 0 Å². The Balaban J connectivity index is 0.598. The average molecular weight is 1530 g/mol. The highest BCUT2D eigenvalue weighted by atomic mass is 16.3. The van der Waals surface area contributed by atoms with Crippen LogP contribution in [-0.2, 0) is 5.41 Å². The van der Waals surface area contributed by atoms with E-state index >= 15 is 0 Å². The van der Waals surface area contributed by atoms with Crippen molar-refractivity contribution in [1.29, 1.82) is 0 Å². The van der Waals surface area contributed by atoms with Crippen LogP contribution in [0.15, 0.2) is 392 Å². The molecule has 22 aromatic rings. The van der Waals surface area contributed by atoms with Crippen molar-refractivity contribution in [2.75, 3.05) is 0 Å². The first-order valence-electron chi connectivity index (χ1n) is 40.6. The number of hydrogen-bond acceptors (Lipinski definition) is 8. The van der Waals surface area contributed by atoms with Crippen LogP contribution < -0.4 is 10.6 Å². The maximum atomic E-state index is 6.80. The van der Waals surface area contributed by atoms with Gasteiger partial charge in [-0.25, -0.2) is 29.9 Å². The fourth-order valence-corrected chi connectivity index (χ4v) is 19.2. The molecule has 0 radical (unpaired) electrons. The molecule has 16 aromatic carbocycles. The SMILES string of the molecule is C=C/C(c1nc(-c2ccccc2)nc(-c2ccc(-c3ccc4c(c3)-c3ccccc3C43c4ccccc4-c4ccc(-c5ccc6oc7cccc(-c8nc(-c9ccccc9)nc(-c9ccccc9)n8)c7c6c5)cc43)cc2)n1)=c1\c(=C/C)oc2ccc(-c3ccc4c(c3)c3cc5c(cc3n4-c3ccccc3)c3ccccc3n5-c3ccccc3)cc12. The fourth-order valence-electron chi connectivity index (χ4n) is 19.2. The maximum absolute atomic E-state index is 6.80. The third-order valence-electron chi connectivity index (χ3n) is 24.6. The van der Waals surface area contributed by atoms with Crippen LogP contribution in [0.5, 0.6) is 0 Å². The average Bonchev–Trinajstić information content (AvgIpc) is 1.50. The van der Waals surface area contributed by atoms with Crippen molar-refractivity contribution in [3.05, 3.63) is 421 Å². The molecule has 6 aromatic heterocycles. The van der Waals surface area contributed by atoms with E-state index in [4.69, 9.17) is 38.7 Å². The molecule has 0 aliphatic heterocycles. The molecule has 1 unspecified atom stereocenters. The Labute approximate surface area is 689 Å². The summed E-state index contributed by atoms with van der Waals surface area (Å²) in [5.41, 5.74) is 30.6. The standard InChI is InChI=1S/C110H68N8O2/c1-3-78(102-88-61-73(52-57-99(88)119-98(102)4-2)72-51-56-95-85(60-72)87-65-96-86(64-97(87)118(95)77-35-18-9-19-36-77)82-39-22-25-43-94(82)117(96)76-33-16-8-17-34-76)108-113-104(67-27-10-5-11-28-67)112-107(114-108)70-47-45-66(46-48-70)71-50-55-92-84(59-71)80-38-21-24-42-91(80)110(92)90-41-23-20-37-79(90)81-54-49-75(63-93(81)110)74-53-58-100-89(62-74)103-83(40-26-44-101(103)120-100)109-115-105(68-29-12-6-13-30-68)111-106(116-109)69-31-14-7-15-32-69/h3-65H,1H2,2H3/b98-4+,102-78+. The lowest BCUT2D eigenvalue weighted by atomic mass is 9.70. The highest BCUT2D eigenvalue weighted by Crippen LogP contribution is 2.64. The third-order valence-corrected chi connectivity index (χ3v) is 24.6. The summed E-state index contributed by atoms with van der Waals surface area (Å²) in [5.74, 6) is 3.33. The van der Waals surface area contributed by atoms with E-state index in [0.29, 0.717) is 40.4 Å². The Hall–Kier alpha value is -16.0. The minimum absolute atomic E-state index is 0.478. The van der Waals surface area contributed by atoms with E-state index in [0.717, 1.165) is 144 Å².